The van der Waals surface area contributed by atoms with Crippen molar-refractivity contribution < 1.29 is 0 Å². The lowest BCUT2D eigenvalue weighted by Crippen LogP contribution is -2.30. The third-order valence-corrected chi connectivity index (χ3v) is 3.66. The Morgan fingerprint density at radius 2 is 2.21 bits per heavy atom. The Kier molecular flexibility index (Phi) is 4.74. The van der Waals surface area contributed by atoms with Gasteiger partial charge in [0.1, 0.15) is 5.82 Å². The second-order valence-corrected chi connectivity index (χ2v) is 5.60. The van der Waals surface area contributed by atoms with E-state index in [9.17, 15) is 0 Å². The van der Waals surface area contributed by atoms with E-state index in [-0.39, 0.29) is 0 Å². The maximum atomic E-state index is 4.57. The summed E-state index contributed by atoms with van der Waals surface area (Å²) in [5, 5.41) is 5.26. The van der Waals surface area contributed by atoms with Crippen LogP contribution in [-0.4, -0.2) is 22.6 Å². The SMILES string of the molecule is CCNc1nccc(N(Cc2cccs2)C(C)C)n1. The highest BCUT2D eigenvalue weighted by molar-refractivity contribution is 7.09. The Morgan fingerprint density at radius 3 is 2.84 bits per heavy atom. The maximum Gasteiger partial charge on any atom is 0.224 e. The summed E-state index contributed by atoms with van der Waals surface area (Å²) in [5.41, 5.74) is 0. The van der Waals surface area contributed by atoms with E-state index < -0.39 is 0 Å². The molecule has 19 heavy (non-hydrogen) atoms. The van der Waals surface area contributed by atoms with Crippen molar-refractivity contribution in [3.63, 3.8) is 0 Å². The molecule has 0 spiro atoms. The second-order valence-electron chi connectivity index (χ2n) is 4.57. The van der Waals surface area contributed by atoms with Gasteiger partial charge in [-0.25, -0.2) is 4.98 Å². The zero-order valence-electron chi connectivity index (χ0n) is 11.6. The number of rotatable bonds is 6. The third kappa shape index (κ3) is 3.67. The van der Waals surface area contributed by atoms with Crippen molar-refractivity contribution in [3.05, 3.63) is 34.7 Å². The highest BCUT2D eigenvalue weighted by Crippen LogP contribution is 2.20. The maximum absolute atomic E-state index is 4.57. The van der Waals surface area contributed by atoms with Crippen LogP contribution >= 0.6 is 11.3 Å². The van der Waals surface area contributed by atoms with Crippen LogP contribution in [0.3, 0.4) is 0 Å². The Morgan fingerprint density at radius 1 is 1.37 bits per heavy atom. The van der Waals surface area contributed by atoms with Gasteiger partial charge in [0.25, 0.3) is 0 Å². The van der Waals surface area contributed by atoms with Crippen molar-refractivity contribution in [1.29, 1.82) is 0 Å². The van der Waals surface area contributed by atoms with Gasteiger partial charge in [-0.15, -0.1) is 11.3 Å². The lowest BCUT2D eigenvalue weighted by molar-refractivity contribution is 0.676. The number of nitrogens with zero attached hydrogens (tertiary/aromatic N) is 3. The molecule has 0 saturated heterocycles. The monoisotopic (exact) mass is 276 g/mol. The van der Waals surface area contributed by atoms with Gasteiger partial charge in [0.05, 0.1) is 6.54 Å². The smallest absolute Gasteiger partial charge is 0.224 e. The zero-order chi connectivity index (χ0) is 13.7. The normalized spacial score (nSPS) is 10.7. The minimum atomic E-state index is 0.395. The summed E-state index contributed by atoms with van der Waals surface area (Å²) in [5.74, 6) is 1.66. The topological polar surface area (TPSA) is 41.1 Å². The van der Waals surface area contributed by atoms with E-state index in [1.165, 1.54) is 4.88 Å². The lowest BCUT2D eigenvalue weighted by atomic mass is 10.3. The molecule has 0 fully saturated rings. The van der Waals surface area contributed by atoms with Crippen LogP contribution in [0, 0.1) is 0 Å². The van der Waals surface area contributed by atoms with E-state index in [2.05, 4.69) is 51.5 Å². The molecule has 102 valence electrons. The molecule has 2 aromatic heterocycles. The number of aromatic nitrogens is 2. The van der Waals surface area contributed by atoms with Gasteiger partial charge in [-0.05, 0) is 38.3 Å². The number of hydrogen-bond acceptors (Lipinski definition) is 5. The molecule has 0 bridgehead atoms. The molecule has 0 saturated carbocycles. The van der Waals surface area contributed by atoms with Gasteiger partial charge >= 0.3 is 0 Å². The molecular formula is C14H20N4S. The number of anilines is 2. The van der Waals surface area contributed by atoms with Crippen LogP contribution in [-0.2, 0) is 6.54 Å². The molecule has 0 atom stereocenters. The highest BCUT2D eigenvalue weighted by Gasteiger charge is 2.13. The van der Waals surface area contributed by atoms with Crippen LogP contribution in [0.4, 0.5) is 11.8 Å². The van der Waals surface area contributed by atoms with Crippen molar-refractivity contribution in [1.82, 2.24) is 9.97 Å². The predicted octanol–water partition coefficient (Wildman–Crippen LogP) is 3.38. The summed E-state index contributed by atoms with van der Waals surface area (Å²) in [6.07, 6.45) is 1.81. The molecule has 2 heterocycles. The van der Waals surface area contributed by atoms with E-state index in [1.807, 2.05) is 19.2 Å². The van der Waals surface area contributed by atoms with E-state index in [0.717, 1.165) is 18.9 Å². The van der Waals surface area contributed by atoms with E-state index in [1.54, 1.807) is 11.3 Å². The first kappa shape index (κ1) is 13.8. The largest absolute Gasteiger partial charge is 0.354 e. The minimum Gasteiger partial charge on any atom is -0.354 e. The van der Waals surface area contributed by atoms with Crippen LogP contribution in [0.2, 0.25) is 0 Å². The predicted molar refractivity (Wildman–Crippen MR) is 81.8 cm³/mol. The van der Waals surface area contributed by atoms with E-state index >= 15 is 0 Å². The van der Waals surface area contributed by atoms with Crippen molar-refractivity contribution >= 4 is 23.1 Å². The lowest BCUT2D eigenvalue weighted by Gasteiger charge is -2.27. The number of thiophene rings is 1. The summed E-state index contributed by atoms with van der Waals surface area (Å²) in [6, 6.07) is 6.61. The first-order chi connectivity index (χ1) is 9.20. The minimum absolute atomic E-state index is 0.395. The third-order valence-electron chi connectivity index (χ3n) is 2.80. The molecule has 4 nitrogen and oxygen atoms in total. The van der Waals surface area contributed by atoms with Crippen molar-refractivity contribution in [2.75, 3.05) is 16.8 Å². The van der Waals surface area contributed by atoms with Crippen molar-refractivity contribution in [3.8, 4) is 0 Å². The Bertz CT molecular complexity index is 496. The van der Waals surface area contributed by atoms with Gasteiger partial charge in [0.15, 0.2) is 0 Å². The number of hydrogen-bond donors (Lipinski definition) is 1. The first-order valence-corrected chi connectivity index (χ1v) is 7.44. The van der Waals surface area contributed by atoms with Crippen LogP contribution in [0.25, 0.3) is 0 Å². The summed E-state index contributed by atoms with van der Waals surface area (Å²) in [4.78, 5) is 12.4. The summed E-state index contributed by atoms with van der Waals surface area (Å²) in [7, 11) is 0. The fraction of sp³-hybridized carbons (Fsp3) is 0.429. The molecule has 0 unspecified atom stereocenters. The molecule has 0 aliphatic carbocycles. The quantitative estimate of drug-likeness (QED) is 0.878. The van der Waals surface area contributed by atoms with Crippen LogP contribution in [0.1, 0.15) is 25.6 Å². The van der Waals surface area contributed by atoms with E-state index in [4.69, 9.17) is 0 Å². The fourth-order valence-electron chi connectivity index (χ4n) is 1.85. The Labute approximate surface area is 118 Å². The van der Waals surface area contributed by atoms with Gasteiger partial charge < -0.3 is 10.2 Å². The molecule has 2 aromatic rings. The van der Waals surface area contributed by atoms with Gasteiger partial charge in [0, 0.05) is 23.7 Å². The molecule has 0 aromatic carbocycles. The molecule has 0 amide bonds. The number of nitrogens with one attached hydrogen (secondary N) is 1. The molecule has 0 aliphatic rings. The summed E-state index contributed by atoms with van der Waals surface area (Å²) < 4.78 is 0. The van der Waals surface area contributed by atoms with Crippen molar-refractivity contribution in [2.45, 2.75) is 33.4 Å². The average molecular weight is 276 g/mol. The summed E-state index contributed by atoms with van der Waals surface area (Å²) in [6.45, 7) is 8.13. The van der Waals surface area contributed by atoms with Gasteiger partial charge in [-0.1, -0.05) is 6.07 Å². The van der Waals surface area contributed by atoms with Crippen LogP contribution in [0.15, 0.2) is 29.8 Å². The second kappa shape index (κ2) is 6.52. The Hall–Kier alpha value is -1.62. The highest BCUT2D eigenvalue weighted by atomic mass is 32.1. The standard InChI is InChI=1S/C14H20N4S/c1-4-15-14-16-8-7-13(17-14)18(11(2)3)10-12-6-5-9-19-12/h5-9,11H,4,10H2,1-3H3,(H,15,16,17). The Balaban J connectivity index is 2.20. The molecule has 0 radical (unpaired) electrons. The van der Waals surface area contributed by atoms with Gasteiger partial charge in [-0.3, -0.25) is 0 Å². The van der Waals surface area contributed by atoms with Crippen LogP contribution in [0.5, 0.6) is 0 Å². The summed E-state index contributed by atoms with van der Waals surface area (Å²) >= 11 is 1.78. The molecule has 0 aliphatic heterocycles. The van der Waals surface area contributed by atoms with Gasteiger partial charge in [-0.2, -0.15) is 4.98 Å². The van der Waals surface area contributed by atoms with E-state index in [0.29, 0.717) is 12.0 Å². The molecule has 5 heteroatoms. The fourth-order valence-corrected chi connectivity index (χ4v) is 2.55. The average Bonchev–Trinajstić information content (AvgIpc) is 2.89. The van der Waals surface area contributed by atoms with Crippen molar-refractivity contribution in [2.24, 2.45) is 0 Å². The molecule has 2 rings (SSSR count). The molecule has 1 N–H and O–H groups in total. The van der Waals surface area contributed by atoms with Crippen LogP contribution < -0.4 is 10.2 Å². The zero-order valence-corrected chi connectivity index (χ0v) is 12.4. The first-order valence-electron chi connectivity index (χ1n) is 6.56. The van der Waals surface area contributed by atoms with Gasteiger partial charge in [0.2, 0.25) is 5.95 Å². The molecular weight excluding hydrogens is 256 g/mol.